The van der Waals surface area contributed by atoms with Crippen LogP contribution in [-0.4, -0.2) is 20.8 Å². The van der Waals surface area contributed by atoms with Gasteiger partial charge in [-0.3, -0.25) is 0 Å². The number of rotatable bonds is 5. The fraction of sp³-hybridized carbons (Fsp3) is 0.250. The Morgan fingerprint density at radius 1 is 1.05 bits per heavy atom. The zero-order valence-electron chi connectivity index (χ0n) is 12.2. The summed E-state index contributed by atoms with van der Waals surface area (Å²) >= 11 is 0. The zero-order valence-corrected chi connectivity index (χ0v) is 13.0. The van der Waals surface area contributed by atoms with E-state index in [4.69, 9.17) is 10.5 Å². The van der Waals surface area contributed by atoms with Crippen molar-refractivity contribution in [3.63, 3.8) is 0 Å². The van der Waals surface area contributed by atoms with Gasteiger partial charge in [0, 0.05) is 5.69 Å². The maximum Gasteiger partial charge on any atom is 0.181 e. The molecular weight excluding hydrogens is 286 g/mol. The summed E-state index contributed by atoms with van der Waals surface area (Å²) in [7, 11) is -3.35. The Kier molecular flexibility index (Phi) is 4.53. The summed E-state index contributed by atoms with van der Waals surface area (Å²) in [5, 5.41) is 0. The van der Waals surface area contributed by atoms with Crippen molar-refractivity contribution >= 4 is 15.5 Å². The number of ether oxygens (including phenoxy) is 1. The van der Waals surface area contributed by atoms with Crippen LogP contribution in [0.1, 0.15) is 11.1 Å². The highest BCUT2D eigenvalue weighted by atomic mass is 32.2. The number of hydrogen-bond acceptors (Lipinski definition) is 4. The molecule has 0 aliphatic rings. The minimum Gasteiger partial charge on any atom is -0.492 e. The van der Waals surface area contributed by atoms with E-state index in [1.54, 1.807) is 12.1 Å². The Morgan fingerprint density at radius 2 is 1.71 bits per heavy atom. The van der Waals surface area contributed by atoms with Crippen LogP contribution in [0.15, 0.2) is 47.4 Å². The smallest absolute Gasteiger partial charge is 0.181 e. The van der Waals surface area contributed by atoms with Crippen molar-refractivity contribution in [3.8, 4) is 5.75 Å². The first-order valence-corrected chi connectivity index (χ1v) is 8.33. The molecule has 0 radical (unpaired) electrons. The minimum absolute atomic E-state index is 0.0652. The summed E-state index contributed by atoms with van der Waals surface area (Å²) in [6, 6.07) is 11.9. The van der Waals surface area contributed by atoms with Gasteiger partial charge in [0.2, 0.25) is 0 Å². The standard InChI is InChI=1S/C16H19NO3S/c1-12-4-3-5-16(13(12)2)20-10-11-21(18,19)15-8-6-14(17)7-9-15/h3-9H,10-11,17H2,1-2H3. The van der Waals surface area contributed by atoms with Gasteiger partial charge in [0.15, 0.2) is 9.84 Å². The van der Waals surface area contributed by atoms with E-state index in [1.165, 1.54) is 12.1 Å². The van der Waals surface area contributed by atoms with Crippen LogP contribution in [0, 0.1) is 13.8 Å². The number of nitrogens with two attached hydrogens (primary N) is 1. The van der Waals surface area contributed by atoms with Gasteiger partial charge in [-0.05, 0) is 55.3 Å². The third-order valence-corrected chi connectivity index (χ3v) is 5.10. The maximum atomic E-state index is 12.2. The van der Waals surface area contributed by atoms with Crippen molar-refractivity contribution < 1.29 is 13.2 Å². The van der Waals surface area contributed by atoms with Crippen LogP contribution in [0.4, 0.5) is 5.69 Å². The number of aryl methyl sites for hydroxylation is 1. The molecule has 0 unspecified atom stereocenters. The molecule has 21 heavy (non-hydrogen) atoms. The van der Waals surface area contributed by atoms with E-state index in [-0.39, 0.29) is 17.3 Å². The first-order valence-electron chi connectivity index (χ1n) is 6.67. The summed E-state index contributed by atoms with van der Waals surface area (Å²) in [6.07, 6.45) is 0. The molecular formula is C16H19NO3S. The number of benzene rings is 2. The quantitative estimate of drug-likeness (QED) is 0.862. The van der Waals surface area contributed by atoms with Gasteiger partial charge in [0.25, 0.3) is 0 Å². The average Bonchev–Trinajstić information content (AvgIpc) is 2.44. The predicted octanol–water partition coefficient (Wildman–Crippen LogP) is 2.74. The Balaban J connectivity index is 2.02. The molecule has 0 aliphatic heterocycles. The molecule has 0 fully saturated rings. The normalized spacial score (nSPS) is 11.3. The highest BCUT2D eigenvalue weighted by Gasteiger charge is 2.14. The second-order valence-electron chi connectivity index (χ2n) is 4.93. The van der Waals surface area contributed by atoms with E-state index >= 15 is 0 Å². The first-order chi connectivity index (χ1) is 9.90. The number of hydrogen-bond donors (Lipinski definition) is 1. The topological polar surface area (TPSA) is 69.4 Å². The molecule has 0 amide bonds. The Hall–Kier alpha value is -2.01. The highest BCUT2D eigenvalue weighted by molar-refractivity contribution is 7.91. The molecule has 112 valence electrons. The van der Waals surface area contributed by atoms with Crippen molar-refractivity contribution in [1.82, 2.24) is 0 Å². The molecule has 0 heterocycles. The monoisotopic (exact) mass is 305 g/mol. The van der Waals surface area contributed by atoms with Gasteiger partial charge < -0.3 is 10.5 Å². The number of sulfone groups is 1. The lowest BCUT2D eigenvalue weighted by Crippen LogP contribution is -2.14. The van der Waals surface area contributed by atoms with E-state index < -0.39 is 9.84 Å². The molecule has 2 aromatic carbocycles. The molecule has 0 atom stereocenters. The molecule has 2 rings (SSSR count). The Morgan fingerprint density at radius 3 is 2.38 bits per heavy atom. The van der Waals surface area contributed by atoms with Gasteiger partial charge in [-0.1, -0.05) is 12.1 Å². The molecule has 0 spiro atoms. The van der Waals surface area contributed by atoms with E-state index in [0.717, 1.165) is 16.9 Å². The van der Waals surface area contributed by atoms with Crippen molar-refractivity contribution in [2.75, 3.05) is 18.1 Å². The first kappa shape index (κ1) is 15.4. The van der Waals surface area contributed by atoms with Crippen molar-refractivity contribution in [2.45, 2.75) is 18.7 Å². The summed E-state index contributed by atoms with van der Waals surface area (Å²) in [6.45, 7) is 4.07. The summed E-state index contributed by atoms with van der Waals surface area (Å²) in [4.78, 5) is 0.265. The molecule has 5 heteroatoms. The van der Waals surface area contributed by atoms with Crippen LogP contribution in [-0.2, 0) is 9.84 Å². The molecule has 0 aromatic heterocycles. The van der Waals surface area contributed by atoms with E-state index in [1.807, 2.05) is 32.0 Å². The van der Waals surface area contributed by atoms with Crippen LogP contribution in [0.3, 0.4) is 0 Å². The van der Waals surface area contributed by atoms with E-state index in [2.05, 4.69) is 0 Å². The Labute approximate surface area is 125 Å². The second-order valence-corrected chi connectivity index (χ2v) is 7.04. The van der Waals surface area contributed by atoms with Crippen molar-refractivity contribution in [3.05, 3.63) is 53.6 Å². The summed E-state index contributed by atoms with van der Waals surface area (Å²) in [5.74, 6) is 0.659. The van der Waals surface area contributed by atoms with Crippen LogP contribution < -0.4 is 10.5 Å². The van der Waals surface area contributed by atoms with Gasteiger partial charge >= 0.3 is 0 Å². The van der Waals surface area contributed by atoms with Gasteiger partial charge in [-0.15, -0.1) is 0 Å². The van der Waals surface area contributed by atoms with Crippen molar-refractivity contribution in [2.24, 2.45) is 0 Å². The van der Waals surface area contributed by atoms with Gasteiger partial charge in [0.05, 0.1) is 10.6 Å². The van der Waals surface area contributed by atoms with Crippen LogP contribution >= 0.6 is 0 Å². The second kappa shape index (κ2) is 6.18. The molecule has 0 aliphatic carbocycles. The molecule has 4 nitrogen and oxygen atoms in total. The molecule has 2 N–H and O–H groups in total. The minimum atomic E-state index is -3.35. The predicted molar refractivity (Wildman–Crippen MR) is 84.3 cm³/mol. The largest absolute Gasteiger partial charge is 0.492 e. The highest BCUT2D eigenvalue weighted by Crippen LogP contribution is 2.21. The van der Waals surface area contributed by atoms with Gasteiger partial charge in [-0.25, -0.2) is 8.42 Å². The fourth-order valence-corrected chi connectivity index (χ4v) is 3.02. The third kappa shape index (κ3) is 3.76. The third-order valence-electron chi connectivity index (χ3n) is 3.40. The molecule has 2 aromatic rings. The van der Waals surface area contributed by atoms with E-state index in [0.29, 0.717) is 5.69 Å². The zero-order chi connectivity index (χ0) is 15.5. The van der Waals surface area contributed by atoms with Crippen molar-refractivity contribution in [1.29, 1.82) is 0 Å². The van der Waals surface area contributed by atoms with Crippen LogP contribution in [0.25, 0.3) is 0 Å². The summed E-state index contributed by atoms with van der Waals surface area (Å²) < 4.78 is 29.9. The molecule has 0 bridgehead atoms. The van der Waals surface area contributed by atoms with Gasteiger partial charge in [0.1, 0.15) is 12.4 Å². The Bertz CT molecular complexity index is 722. The van der Waals surface area contributed by atoms with Gasteiger partial charge in [-0.2, -0.15) is 0 Å². The number of nitrogen functional groups attached to an aromatic ring is 1. The SMILES string of the molecule is Cc1cccc(OCCS(=O)(=O)c2ccc(N)cc2)c1C. The lowest BCUT2D eigenvalue weighted by Gasteiger charge is -2.11. The van der Waals surface area contributed by atoms with Crippen LogP contribution in [0.5, 0.6) is 5.75 Å². The summed E-state index contributed by atoms with van der Waals surface area (Å²) in [5.41, 5.74) is 8.25. The van der Waals surface area contributed by atoms with E-state index in [9.17, 15) is 8.42 Å². The van der Waals surface area contributed by atoms with Crippen LogP contribution in [0.2, 0.25) is 0 Å². The maximum absolute atomic E-state index is 12.2. The molecule has 0 saturated heterocycles. The lowest BCUT2D eigenvalue weighted by atomic mass is 10.1. The molecule has 0 saturated carbocycles. The lowest BCUT2D eigenvalue weighted by molar-refractivity contribution is 0.338. The fourth-order valence-electron chi connectivity index (χ4n) is 1.93. The average molecular weight is 305 g/mol. The number of anilines is 1.